The Morgan fingerprint density at radius 1 is 1.09 bits per heavy atom. The second-order valence-electron chi connectivity index (χ2n) is 7.45. The van der Waals surface area contributed by atoms with Crippen LogP contribution in [0, 0.1) is 18.3 Å². The summed E-state index contributed by atoms with van der Waals surface area (Å²) < 4.78 is 11.7. The molecule has 0 unspecified atom stereocenters. The zero-order valence-electron chi connectivity index (χ0n) is 18.2. The number of aromatic amines is 1. The third-order valence-electron chi connectivity index (χ3n) is 4.95. The lowest BCUT2D eigenvalue weighted by Crippen LogP contribution is -2.01. The molecular weight excluding hydrogens is 457 g/mol. The van der Waals surface area contributed by atoms with Crippen LogP contribution in [-0.2, 0) is 6.61 Å². The number of nitrogens with one attached hydrogen (secondary N) is 1. The van der Waals surface area contributed by atoms with Gasteiger partial charge in [0.1, 0.15) is 18.5 Å². The summed E-state index contributed by atoms with van der Waals surface area (Å²) in [5, 5.41) is 10.8. The molecule has 1 N–H and O–H groups in total. The first-order valence-corrected chi connectivity index (χ1v) is 11.1. The molecule has 0 aliphatic rings. The number of halogens is 2. The Hall–Kier alpha value is -3.46. The van der Waals surface area contributed by atoms with Crippen molar-refractivity contribution >= 4 is 45.9 Å². The van der Waals surface area contributed by atoms with Crippen LogP contribution in [-0.4, -0.2) is 16.6 Å². The minimum atomic E-state index is 0.313. The number of benzene rings is 3. The maximum Gasteiger partial charge on any atom is 0.180 e. The van der Waals surface area contributed by atoms with Gasteiger partial charge in [-0.25, -0.2) is 4.98 Å². The van der Waals surface area contributed by atoms with E-state index in [1.807, 2.05) is 56.3 Å². The van der Waals surface area contributed by atoms with E-state index in [9.17, 15) is 5.26 Å². The quantitative estimate of drug-likeness (QED) is 0.285. The van der Waals surface area contributed by atoms with Gasteiger partial charge >= 0.3 is 0 Å². The summed E-state index contributed by atoms with van der Waals surface area (Å²) in [6.45, 7) is 4.65. The van der Waals surface area contributed by atoms with Crippen molar-refractivity contribution < 1.29 is 9.47 Å². The van der Waals surface area contributed by atoms with Crippen molar-refractivity contribution in [1.29, 1.82) is 5.26 Å². The highest BCUT2D eigenvalue weighted by Gasteiger charge is 2.14. The number of imidazole rings is 1. The van der Waals surface area contributed by atoms with Crippen molar-refractivity contribution in [3.05, 3.63) is 87.2 Å². The molecule has 0 amide bonds. The van der Waals surface area contributed by atoms with E-state index < -0.39 is 0 Å². The predicted molar refractivity (Wildman–Crippen MR) is 133 cm³/mol. The molecule has 0 fully saturated rings. The third kappa shape index (κ3) is 5.31. The number of ether oxygens (including phenoxy) is 2. The standard InChI is InChI=1S/C26H21Cl2N3O2/c1-3-32-24-13-18(12-21(28)25(24)33-15-17-5-7-20(27)8-6-17)11-19(14-29)26-30-22-9-4-16(2)10-23(22)31-26/h4-13H,3,15H2,1-2H3,(H,30,31). The smallest absolute Gasteiger partial charge is 0.180 e. The highest BCUT2D eigenvalue weighted by atomic mass is 35.5. The van der Waals surface area contributed by atoms with E-state index in [2.05, 4.69) is 16.0 Å². The van der Waals surface area contributed by atoms with Crippen molar-refractivity contribution in [3.63, 3.8) is 0 Å². The minimum absolute atomic E-state index is 0.313. The van der Waals surface area contributed by atoms with Gasteiger partial charge < -0.3 is 14.5 Å². The highest BCUT2D eigenvalue weighted by Crippen LogP contribution is 2.38. The van der Waals surface area contributed by atoms with Crippen molar-refractivity contribution in [3.8, 4) is 17.6 Å². The Balaban J connectivity index is 1.65. The molecule has 33 heavy (non-hydrogen) atoms. The molecule has 0 aliphatic heterocycles. The number of allylic oxidation sites excluding steroid dienone is 1. The second kappa shape index (κ2) is 9.99. The van der Waals surface area contributed by atoms with Gasteiger partial charge in [0.05, 0.1) is 28.2 Å². The topological polar surface area (TPSA) is 70.9 Å². The number of aromatic nitrogens is 2. The van der Waals surface area contributed by atoms with Gasteiger partial charge in [-0.2, -0.15) is 5.26 Å². The van der Waals surface area contributed by atoms with Gasteiger partial charge in [-0.1, -0.05) is 41.4 Å². The number of hydrogen-bond acceptors (Lipinski definition) is 4. The molecule has 0 saturated heterocycles. The number of nitriles is 1. The number of fused-ring (bicyclic) bond motifs is 1. The molecular formula is C26H21Cl2N3O2. The lowest BCUT2D eigenvalue weighted by atomic mass is 10.1. The normalized spacial score (nSPS) is 11.4. The molecule has 5 nitrogen and oxygen atoms in total. The molecule has 3 aromatic carbocycles. The van der Waals surface area contributed by atoms with Crippen molar-refractivity contribution in [2.75, 3.05) is 6.61 Å². The molecule has 1 aromatic heterocycles. The maximum absolute atomic E-state index is 9.77. The molecule has 0 spiro atoms. The number of H-pyrrole nitrogens is 1. The molecule has 0 atom stereocenters. The van der Waals surface area contributed by atoms with Crippen molar-refractivity contribution in [2.45, 2.75) is 20.5 Å². The Morgan fingerprint density at radius 2 is 1.88 bits per heavy atom. The Morgan fingerprint density at radius 3 is 2.61 bits per heavy atom. The Kier molecular flexibility index (Phi) is 6.88. The van der Waals surface area contributed by atoms with Crippen LogP contribution < -0.4 is 9.47 Å². The molecule has 1 heterocycles. The molecule has 0 aliphatic carbocycles. The average Bonchev–Trinajstić information content (AvgIpc) is 3.21. The van der Waals surface area contributed by atoms with Crippen LogP contribution in [0.1, 0.15) is 29.4 Å². The van der Waals surface area contributed by atoms with Gasteiger partial charge in [-0.05, 0) is 73.0 Å². The van der Waals surface area contributed by atoms with Gasteiger partial charge in [-0.15, -0.1) is 0 Å². The zero-order valence-corrected chi connectivity index (χ0v) is 19.7. The highest BCUT2D eigenvalue weighted by molar-refractivity contribution is 6.32. The molecule has 0 bridgehead atoms. The molecule has 0 radical (unpaired) electrons. The van der Waals surface area contributed by atoms with E-state index in [-0.39, 0.29) is 0 Å². The first kappa shape index (κ1) is 22.7. The number of aryl methyl sites for hydroxylation is 1. The summed E-state index contributed by atoms with van der Waals surface area (Å²) in [7, 11) is 0. The van der Waals surface area contributed by atoms with Gasteiger partial charge in [-0.3, -0.25) is 0 Å². The summed E-state index contributed by atoms with van der Waals surface area (Å²) in [5.74, 6) is 1.45. The number of rotatable bonds is 7. The monoisotopic (exact) mass is 477 g/mol. The Labute approximate surface area is 202 Å². The van der Waals surface area contributed by atoms with Crippen LogP contribution in [0.25, 0.3) is 22.7 Å². The fraction of sp³-hybridized carbons (Fsp3) is 0.154. The minimum Gasteiger partial charge on any atom is -0.490 e. The Bertz CT molecular complexity index is 1370. The summed E-state index contributed by atoms with van der Waals surface area (Å²) in [4.78, 5) is 7.76. The molecule has 7 heteroatoms. The predicted octanol–water partition coefficient (Wildman–Crippen LogP) is 7.22. The molecule has 166 valence electrons. The van der Waals surface area contributed by atoms with E-state index in [0.29, 0.717) is 51.7 Å². The fourth-order valence-electron chi connectivity index (χ4n) is 3.38. The first-order chi connectivity index (χ1) is 16.0. The van der Waals surface area contributed by atoms with E-state index in [4.69, 9.17) is 32.7 Å². The summed E-state index contributed by atoms with van der Waals surface area (Å²) in [6, 6.07) is 19.1. The summed E-state index contributed by atoms with van der Waals surface area (Å²) in [5.41, 5.74) is 4.84. The first-order valence-electron chi connectivity index (χ1n) is 10.4. The number of hydrogen-bond donors (Lipinski definition) is 1. The molecule has 4 aromatic rings. The lowest BCUT2D eigenvalue weighted by Gasteiger charge is -2.15. The van der Waals surface area contributed by atoms with E-state index in [1.54, 1.807) is 18.2 Å². The van der Waals surface area contributed by atoms with Gasteiger partial charge in [0, 0.05) is 5.02 Å². The lowest BCUT2D eigenvalue weighted by molar-refractivity contribution is 0.269. The van der Waals surface area contributed by atoms with Crippen LogP contribution in [0.5, 0.6) is 11.5 Å². The SMILES string of the molecule is CCOc1cc(C=C(C#N)c2nc3ccc(C)cc3[nH]2)cc(Cl)c1OCc1ccc(Cl)cc1. The van der Waals surface area contributed by atoms with Crippen LogP contribution >= 0.6 is 23.2 Å². The fourth-order valence-corrected chi connectivity index (χ4v) is 3.78. The van der Waals surface area contributed by atoms with Crippen molar-refractivity contribution in [1.82, 2.24) is 9.97 Å². The van der Waals surface area contributed by atoms with Gasteiger partial charge in [0.2, 0.25) is 0 Å². The second-order valence-corrected chi connectivity index (χ2v) is 8.30. The van der Waals surface area contributed by atoms with Crippen LogP contribution in [0.4, 0.5) is 0 Å². The van der Waals surface area contributed by atoms with Gasteiger partial charge in [0.25, 0.3) is 0 Å². The largest absolute Gasteiger partial charge is 0.490 e. The van der Waals surface area contributed by atoms with Crippen LogP contribution in [0.15, 0.2) is 54.6 Å². The molecule has 0 saturated carbocycles. The maximum atomic E-state index is 9.77. The summed E-state index contributed by atoms with van der Waals surface area (Å²) >= 11 is 12.5. The number of nitrogens with zero attached hydrogens (tertiary/aromatic N) is 2. The van der Waals surface area contributed by atoms with Crippen molar-refractivity contribution in [2.24, 2.45) is 0 Å². The van der Waals surface area contributed by atoms with E-state index in [0.717, 1.165) is 22.2 Å². The zero-order chi connectivity index (χ0) is 23.4. The summed E-state index contributed by atoms with van der Waals surface area (Å²) in [6.07, 6.45) is 1.72. The van der Waals surface area contributed by atoms with Gasteiger partial charge in [0.15, 0.2) is 11.5 Å². The molecule has 4 rings (SSSR count). The van der Waals surface area contributed by atoms with E-state index in [1.165, 1.54) is 0 Å². The van der Waals surface area contributed by atoms with E-state index >= 15 is 0 Å². The average molecular weight is 478 g/mol. The van der Waals surface area contributed by atoms with Crippen LogP contribution in [0.3, 0.4) is 0 Å². The third-order valence-corrected chi connectivity index (χ3v) is 5.48. The van der Waals surface area contributed by atoms with Crippen LogP contribution in [0.2, 0.25) is 10.0 Å².